The van der Waals surface area contributed by atoms with Crippen molar-refractivity contribution < 1.29 is 4.74 Å². The van der Waals surface area contributed by atoms with Crippen molar-refractivity contribution >= 4 is 0 Å². The third-order valence-electron chi connectivity index (χ3n) is 2.17. The van der Waals surface area contributed by atoms with Gasteiger partial charge in [-0.05, 0) is 11.6 Å². The molecular weight excluding hydrogens is 194 g/mol. The first kappa shape index (κ1) is 11.7. The molecule has 0 amide bonds. The van der Waals surface area contributed by atoms with Gasteiger partial charge in [-0.25, -0.2) is 0 Å². The van der Waals surface area contributed by atoms with Gasteiger partial charge in [-0.15, -0.1) is 4.91 Å². The van der Waals surface area contributed by atoms with Crippen molar-refractivity contribution in [3.8, 4) is 0 Å². The average molecular weight is 211 g/mol. The second kappa shape index (κ2) is 6.19. The maximum Gasteiger partial charge on any atom is 0.136 e. The van der Waals surface area contributed by atoms with Gasteiger partial charge in [-0.3, -0.25) is 0 Å². The van der Waals surface area contributed by atoms with Crippen LogP contribution in [0, 0.1) is 4.91 Å². The highest BCUT2D eigenvalue weighted by molar-refractivity contribution is 5.12. The standard InChI is InChI=1S/C10H17N3O2/c1-3-4-7-15-9-13-6-5-12(2)10(13)8-11-14/h5-6,8H,3-4,7,9H2,1-2H3/b10-8+. The van der Waals surface area contributed by atoms with Crippen molar-refractivity contribution in [3.05, 3.63) is 29.3 Å². The Labute approximate surface area is 90.0 Å². The van der Waals surface area contributed by atoms with Crippen LogP contribution in [0.15, 0.2) is 29.6 Å². The van der Waals surface area contributed by atoms with Gasteiger partial charge in [0.2, 0.25) is 0 Å². The summed E-state index contributed by atoms with van der Waals surface area (Å²) in [6.07, 6.45) is 7.18. The quantitative estimate of drug-likeness (QED) is 0.498. The number of rotatable bonds is 6. The Kier molecular flexibility index (Phi) is 4.83. The average Bonchev–Trinajstić information content (AvgIpc) is 2.57. The van der Waals surface area contributed by atoms with E-state index in [9.17, 15) is 4.91 Å². The highest BCUT2D eigenvalue weighted by Crippen LogP contribution is 2.17. The van der Waals surface area contributed by atoms with Crippen LogP contribution in [0.5, 0.6) is 0 Å². The molecule has 0 saturated heterocycles. The molecule has 0 aromatic rings. The van der Waals surface area contributed by atoms with Gasteiger partial charge in [0, 0.05) is 26.1 Å². The van der Waals surface area contributed by atoms with E-state index in [0.717, 1.165) is 25.3 Å². The number of nitroso groups, excluding NO2 is 1. The van der Waals surface area contributed by atoms with Gasteiger partial charge in [0.05, 0.1) is 0 Å². The molecule has 0 radical (unpaired) electrons. The van der Waals surface area contributed by atoms with E-state index >= 15 is 0 Å². The number of ether oxygens (including phenoxy) is 1. The van der Waals surface area contributed by atoms with Crippen LogP contribution in [0.1, 0.15) is 19.8 Å². The van der Waals surface area contributed by atoms with E-state index in [0.29, 0.717) is 6.73 Å². The molecule has 1 aliphatic heterocycles. The Morgan fingerprint density at radius 2 is 2.33 bits per heavy atom. The molecule has 0 saturated carbocycles. The molecule has 0 atom stereocenters. The summed E-state index contributed by atoms with van der Waals surface area (Å²) in [5, 5.41) is 2.77. The van der Waals surface area contributed by atoms with Gasteiger partial charge in [0.1, 0.15) is 18.8 Å². The Balaban J connectivity index is 2.37. The fraction of sp³-hybridized carbons (Fsp3) is 0.600. The van der Waals surface area contributed by atoms with Gasteiger partial charge >= 0.3 is 0 Å². The predicted molar refractivity (Wildman–Crippen MR) is 58.3 cm³/mol. The molecule has 0 fully saturated rings. The number of hydrogen-bond donors (Lipinski definition) is 0. The van der Waals surface area contributed by atoms with Crippen LogP contribution < -0.4 is 0 Å². The Morgan fingerprint density at radius 1 is 1.53 bits per heavy atom. The molecule has 1 rings (SSSR count). The van der Waals surface area contributed by atoms with Gasteiger partial charge < -0.3 is 14.5 Å². The summed E-state index contributed by atoms with van der Waals surface area (Å²) in [7, 11) is 1.86. The fourth-order valence-electron chi connectivity index (χ4n) is 1.27. The van der Waals surface area contributed by atoms with Crippen molar-refractivity contribution in [3.63, 3.8) is 0 Å². The second-order valence-electron chi connectivity index (χ2n) is 3.36. The second-order valence-corrected chi connectivity index (χ2v) is 3.36. The van der Waals surface area contributed by atoms with E-state index in [1.165, 1.54) is 6.20 Å². The summed E-state index contributed by atoms with van der Waals surface area (Å²) in [6.45, 7) is 3.32. The van der Waals surface area contributed by atoms with E-state index in [1.807, 2.05) is 29.2 Å². The Bertz CT molecular complexity index is 263. The lowest BCUT2D eigenvalue weighted by molar-refractivity contribution is 0.0637. The van der Waals surface area contributed by atoms with Crippen LogP contribution in [-0.4, -0.2) is 30.2 Å². The summed E-state index contributed by atoms with van der Waals surface area (Å²) in [6, 6.07) is 0. The van der Waals surface area contributed by atoms with Crippen LogP contribution >= 0.6 is 0 Å². The van der Waals surface area contributed by atoms with E-state index in [1.54, 1.807) is 0 Å². The summed E-state index contributed by atoms with van der Waals surface area (Å²) >= 11 is 0. The smallest absolute Gasteiger partial charge is 0.136 e. The zero-order chi connectivity index (χ0) is 11.1. The Hall–Kier alpha value is -1.36. The number of unbranched alkanes of at least 4 members (excludes halogenated alkanes) is 1. The van der Waals surface area contributed by atoms with Crippen LogP contribution in [0.25, 0.3) is 0 Å². The summed E-state index contributed by atoms with van der Waals surface area (Å²) in [4.78, 5) is 13.8. The maximum atomic E-state index is 10.2. The van der Waals surface area contributed by atoms with E-state index < -0.39 is 0 Å². The molecule has 84 valence electrons. The summed E-state index contributed by atoms with van der Waals surface area (Å²) in [5.74, 6) is 0.737. The zero-order valence-corrected chi connectivity index (χ0v) is 9.22. The van der Waals surface area contributed by atoms with Gasteiger partial charge in [0.15, 0.2) is 0 Å². The van der Waals surface area contributed by atoms with Crippen LogP contribution in [0.2, 0.25) is 0 Å². The topological polar surface area (TPSA) is 45.1 Å². The predicted octanol–water partition coefficient (Wildman–Crippen LogP) is 2.04. The highest BCUT2D eigenvalue weighted by Gasteiger charge is 2.16. The molecule has 1 heterocycles. The first-order chi connectivity index (χ1) is 7.29. The minimum absolute atomic E-state index is 0.461. The first-order valence-electron chi connectivity index (χ1n) is 5.07. The van der Waals surface area contributed by atoms with E-state index in [4.69, 9.17) is 4.74 Å². The minimum Gasteiger partial charge on any atom is -0.361 e. The van der Waals surface area contributed by atoms with Gasteiger partial charge in [0.25, 0.3) is 0 Å². The molecule has 0 unspecified atom stereocenters. The Morgan fingerprint density at radius 3 is 3.00 bits per heavy atom. The zero-order valence-electron chi connectivity index (χ0n) is 9.22. The lowest BCUT2D eigenvalue weighted by Gasteiger charge is -2.20. The van der Waals surface area contributed by atoms with Crippen molar-refractivity contribution in [1.82, 2.24) is 9.80 Å². The molecule has 0 N–H and O–H groups in total. The first-order valence-corrected chi connectivity index (χ1v) is 5.07. The van der Waals surface area contributed by atoms with Crippen molar-refractivity contribution in [2.45, 2.75) is 19.8 Å². The lowest BCUT2D eigenvalue weighted by Crippen LogP contribution is -2.22. The van der Waals surface area contributed by atoms with Crippen molar-refractivity contribution in [2.75, 3.05) is 20.4 Å². The monoisotopic (exact) mass is 211 g/mol. The van der Waals surface area contributed by atoms with Crippen molar-refractivity contribution in [1.29, 1.82) is 0 Å². The molecule has 0 aliphatic carbocycles. The molecule has 0 spiro atoms. The molecule has 1 aliphatic rings. The van der Waals surface area contributed by atoms with E-state index in [2.05, 4.69) is 12.1 Å². The third kappa shape index (κ3) is 3.36. The molecule has 15 heavy (non-hydrogen) atoms. The number of hydrogen-bond acceptors (Lipinski definition) is 5. The molecular formula is C10H17N3O2. The number of nitrogens with zero attached hydrogens (tertiary/aromatic N) is 3. The van der Waals surface area contributed by atoms with Crippen LogP contribution in [0.4, 0.5) is 0 Å². The lowest BCUT2D eigenvalue weighted by atomic mass is 10.4. The van der Waals surface area contributed by atoms with Crippen LogP contribution in [0.3, 0.4) is 0 Å². The van der Waals surface area contributed by atoms with Gasteiger partial charge in [-0.1, -0.05) is 13.3 Å². The maximum absolute atomic E-state index is 10.2. The molecule has 0 bridgehead atoms. The van der Waals surface area contributed by atoms with Crippen LogP contribution in [-0.2, 0) is 4.74 Å². The highest BCUT2D eigenvalue weighted by atomic mass is 16.5. The molecule has 0 aromatic carbocycles. The normalized spacial score (nSPS) is 17.9. The summed E-state index contributed by atoms with van der Waals surface area (Å²) < 4.78 is 5.45. The molecule has 5 heteroatoms. The fourth-order valence-corrected chi connectivity index (χ4v) is 1.27. The SMILES string of the molecule is CCCCOCN1C=CN(C)/C1=C\N=O. The van der Waals surface area contributed by atoms with Crippen molar-refractivity contribution in [2.24, 2.45) is 5.18 Å². The third-order valence-corrected chi connectivity index (χ3v) is 2.17. The molecule has 0 aromatic heterocycles. The molecule has 5 nitrogen and oxygen atoms in total. The largest absolute Gasteiger partial charge is 0.361 e. The minimum atomic E-state index is 0.461. The van der Waals surface area contributed by atoms with Gasteiger partial charge in [-0.2, -0.15) is 0 Å². The summed E-state index contributed by atoms with van der Waals surface area (Å²) in [5.41, 5.74) is 0. The van der Waals surface area contributed by atoms with E-state index in [-0.39, 0.29) is 0 Å².